The first-order chi connectivity index (χ1) is 14.1. The molecule has 0 aromatic carbocycles. The molecule has 7 heteroatoms. The molecular weight excluding hydrogens is 392 g/mol. The Morgan fingerprint density at radius 3 is 2.00 bits per heavy atom. The Kier molecular flexibility index (Phi) is 13.1. The molecule has 0 unspecified atom stereocenters. The molecule has 0 aromatic heterocycles. The molecule has 1 rings (SSSR count). The highest BCUT2D eigenvalue weighted by molar-refractivity contribution is 5.76. The fourth-order valence-electron chi connectivity index (χ4n) is 2.96. The van der Waals surface area contributed by atoms with Crippen LogP contribution in [0.25, 0.3) is 0 Å². The van der Waals surface area contributed by atoms with Crippen LogP contribution in [0.1, 0.15) is 88.0 Å². The standard InChI is InChI=1S/C14H30N2O2.C10H20N2O/c1-13(2,3)8-7-9-15-10-11-16-12(17)18-14(4,5)6;1-10(2,3)5-4-7-12-8-6-11-9(12)13/h15H,7-11H2,1-6H3,(H,16,17);4-8H2,1-3H3,(H,11,13). The van der Waals surface area contributed by atoms with Gasteiger partial charge in [0.25, 0.3) is 0 Å². The third-order valence-electron chi connectivity index (χ3n) is 4.55. The number of carbonyl (C=O) groups excluding carboxylic acids is 2. The number of hydrogen-bond acceptors (Lipinski definition) is 4. The van der Waals surface area contributed by atoms with Gasteiger partial charge in [0, 0.05) is 32.7 Å². The minimum Gasteiger partial charge on any atom is -0.444 e. The average molecular weight is 443 g/mol. The largest absolute Gasteiger partial charge is 0.444 e. The summed E-state index contributed by atoms with van der Waals surface area (Å²) >= 11 is 0. The van der Waals surface area contributed by atoms with Gasteiger partial charge in [0.1, 0.15) is 5.60 Å². The number of nitrogens with zero attached hydrogens (tertiary/aromatic N) is 1. The van der Waals surface area contributed by atoms with Gasteiger partial charge >= 0.3 is 12.1 Å². The number of rotatable bonds is 9. The summed E-state index contributed by atoms with van der Waals surface area (Å²) in [6.07, 6.45) is 4.31. The molecule has 3 N–H and O–H groups in total. The lowest BCUT2D eigenvalue weighted by Gasteiger charge is -2.20. The molecule has 1 aliphatic rings. The van der Waals surface area contributed by atoms with Crippen LogP contribution in [-0.2, 0) is 4.74 Å². The number of alkyl carbamates (subject to hydrolysis) is 1. The SMILES string of the molecule is CC(C)(C)CCCN1CCNC1=O.CC(C)(C)CCCNCCNC(=O)OC(C)(C)C. The summed E-state index contributed by atoms with van der Waals surface area (Å²) in [6.45, 7) is 24.0. The molecule has 31 heavy (non-hydrogen) atoms. The van der Waals surface area contributed by atoms with E-state index in [0.717, 1.165) is 45.6 Å². The van der Waals surface area contributed by atoms with Gasteiger partial charge in [0.2, 0.25) is 0 Å². The van der Waals surface area contributed by atoms with Gasteiger partial charge < -0.3 is 25.6 Å². The molecule has 3 amide bonds. The second-order valence-electron chi connectivity index (χ2n) is 11.7. The molecule has 0 radical (unpaired) electrons. The van der Waals surface area contributed by atoms with E-state index in [-0.39, 0.29) is 12.1 Å². The Bertz CT molecular complexity index is 516. The van der Waals surface area contributed by atoms with E-state index in [1.54, 1.807) is 0 Å². The number of carbonyl (C=O) groups is 2. The van der Waals surface area contributed by atoms with Crippen molar-refractivity contribution in [2.24, 2.45) is 10.8 Å². The van der Waals surface area contributed by atoms with Crippen LogP contribution in [0.2, 0.25) is 0 Å². The quantitative estimate of drug-likeness (QED) is 0.449. The van der Waals surface area contributed by atoms with Crippen LogP contribution < -0.4 is 16.0 Å². The topological polar surface area (TPSA) is 82.7 Å². The summed E-state index contributed by atoms with van der Waals surface area (Å²) < 4.78 is 5.13. The zero-order valence-electron chi connectivity index (χ0n) is 21.7. The van der Waals surface area contributed by atoms with E-state index < -0.39 is 5.60 Å². The Hall–Kier alpha value is -1.50. The van der Waals surface area contributed by atoms with Crippen molar-refractivity contribution in [2.45, 2.75) is 93.6 Å². The van der Waals surface area contributed by atoms with Gasteiger partial charge in [0.05, 0.1) is 0 Å². The summed E-state index contributed by atoms with van der Waals surface area (Å²) in [7, 11) is 0. The summed E-state index contributed by atoms with van der Waals surface area (Å²) in [5, 5.41) is 8.83. The highest BCUT2D eigenvalue weighted by atomic mass is 16.6. The van der Waals surface area contributed by atoms with Crippen LogP contribution >= 0.6 is 0 Å². The van der Waals surface area contributed by atoms with E-state index in [4.69, 9.17) is 4.74 Å². The summed E-state index contributed by atoms with van der Waals surface area (Å²) in [5.41, 5.74) is 0.358. The Balaban J connectivity index is 0.000000609. The van der Waals surface area contributed by atoms with Crippen molar-refractivity contribution in [3.8, 4) is 0 Å². The lowest BCUT2D eigenvalue weighted by molar-refractivity contribution is 0.0528. The normalized spacial score (nSPS) is 14.6. The van der Waals surface area contributed by atoms with Gasteiger partial charge in [-0.3, -0.25) is 0 Å². The average Bonchev–Trinajstić information content (AvgIpc) is 2.96. The second-order valence-corrected chi connectivity index (χ2v) is 11.7. The van der Waals surface area contributed by atoms with Crippen molar-refractivity contribution < 1.29 is 14.3 Å². The number of hydrogen-bond donors (Lipinski definition) is 3. The van der Waals surface area contributed by atoms with Gasteiger partial charge in [-0.05, 0) is 63.8 Å². The predicted molar refractivity (Wildman–Crippen MR) is 129 cm³/mol. The van der Waals surface area contributed by atoms with E-state index >= 15 is 0 Å². The maximum absolute atomic E-state index is 11.3. The number of nitrogens with one attached hydrogen (secondary N) is 3. The molecule has 1 fully saturated rings. The Morgan fingerprint density at radius 1 is 0.935 bits per heavy atom. The highest BCUT2D eigenvalue weighted by Gasteiger charge is 2.19. The van der Waals surface area contributed by atoms with Crippen LogP contribution in [0.5, 0.6) is 0 Å². The smallest absolute Gasteiger partial charge is 0.407 e. The number of amides is 3. The fraction of sp³-hybridized carbons (Fsp3) is 0.917. The van der Waals surface area contributed by atoms with Gasteiger partial charge in [0.15, 0.2) is 0 Å². The molecule has 0 aliphatic carbocycles. The first-order valence-corrected chi connectivity index (χ1v) is 11.8. The van der Waals surface area contributed by atoms with Crippen LogP contribution in [0.15, 0.2) is 0 Å². The van der Waals surface area contributed by atoms with E-state index in [0.29, 0.717) is 17.4 Å². The van der Waals surface area contributed by atoms with Crippen molar-refractivity contribution in [1.29, 1.82) is 0 Å². The number of urea groups is 1. The minimum absolute atomic E-state index is 0.105. The second kappa shape index (κ2) is 13.8. The van der Waals surface area contributed by atoms with Gasteiger partial charge in [-0.1, -0.05) is 41.5 Å². The highest BCUT2D eigenvalue weighted by Crippen LogP contribution is 2.21. The third-order valence-corrected chi connectivity index (χ3v) is 4.55. The molecule has 0 saturated carbocycles. The van der Waals surface area contributed by atoms with Crippen LogP contribution in [0, 0.1) is 10.8 Å². The van der Waals surface area contributed by atoms with Crippen LogP contribution in [0.4, 0.5) is 9.59 Å². The lowest BCUT2D eigenvalue weighted by Crippen LogP contribution is -2.36. The molecule has 0 spiro atoms. The Morgan fingerprint density at radius 2 is 1.52 bits per heavy atom. The molecule has 184 valence electrons. The summed E-state index contributed by atoms with van der Waals surface area (Å²) in [6, 6.07) is 0.105. The maximum atomic E-state index is 11.3. The van der Waals surface area contributed by atoms with Crippen LogP contribution in [-0.4, -0.2) is 61.9 Å². The van der Waals surface area contributed by atoms with E-state index in [1.165, 1.54) is 12.8 Å². The predicted octanol–water partition coefficient (Wildman–Crippen LogP) is 4.76. The van der Waals surface area contributed by atoms with Gasteiger partial charge in [-0.25, -0.2) is 9.59 Å². The van der Waals surface area contributed by atoms with E-state index in [2.05, 4.69) is 57.5 Å². The van der Waals surface area contributed by atoms with Crippen LogP contribution in [0.3, 0.4) is 0 Å². The first kappa shape index (κ1) is 29.5. The number of ether oxygens (including phenoxy) is 1. The molecular formula is C24H50N4O3. The van der Waals surface area contributed by atoms with Crippen molar-refractivity contribution in [1.82, 2.24) is 20.9 Å². The monoisotopic (exact) mass is 442 g/mol. The third kappa shape index (κ3) is 20.2. The first-order valence-electron chi connectivity index (χ1n) is 11.8. The van der Waals surface area contributed by atoms with Gasteiger partial charge in [-0.2, -0.15) is 0 Å². The minimum atomic E-state index is -0.426. The summed E-state index contributed by atoms with van der Waals surface area (Å²) in [4.78, 5) is 24.4. The molecule has 1 aliphatic heterocycles. The van der Waals surface area contributed by atoms with Crippen molar-refractivity contribution >= 4 is 12.1 Å². The molecule has 7 nitrogen and oxygen atoms in total. The van der Waals surface area contributed by atoms with Crippen molar-refractivity contribution in [3.63, 3.8) is 0 Å². The van der Waals surface area contributed by atoms with Crippen molar-refractivity contribution in [3.05, 3.63) is 0 Å². The molecule has 1 heterocycles. The molecule has 1 saturated heterocycles. The molecule has 0 bridgehead atoms. The molecule has 0 atom stereocenters. The van der Waals surface area contributed by atoms with Crippen molar-refractivity contribution in [2.75, 3.05) is 39.3 Å². The van der Waals surface area contributed by atoms with Gasteiger partial charge in [-0.15, -0.1) is 0 Å². The van der Waals surface area contributed by atoms with E-state index in [9.17, 15) is 9.59 Å². The fourth-order valence-corrected chi connectivity index (χ4v) is 2.96. The maximum Gasteiger partial charge on any atom is 0.407 e. The molecule has 0 aromatic rings. The zero-order valence-corrected chi connectivity index (χ0v) is 21.7. The zero-order chi connectivity index (χ0) is 24.1. The summed E-state index contributed by atoms with van der Waals surface area (Å²) in [5.74, 6) is 0. The van der Waals surface area contributed by atoms with E-state index in [1.807, 2.05) is 25.7 Å². The Labute approximate surface area is 191 Å². The lowest BCUT2D eigenvalue weighted by atomic mass is 9.90.